The van der Waals surface area contributed by atoms with E-state index in [1.54, 1.807) is 18.2 Å². The number of carboxylic acid groups (broad SMARTS) is 1. The van der Waals surface area contributed by atoms with Crippen LogP contribution in [-0.2, 0) is 9.59 Å². The highest BCUT2D eigenvalue weighted by atomic mass is 19.1. The fourth-order valence-electron chi connectivity index (χ4n) is 2.15. The molecule has 0 aromatic heterocycles. The Bertz CT molecular complexity index is 527. The molecule has 100 valence electrons. The monoisotopic (exact) mass is 263 g/mol. The van der Waals surface area contributed by atoms with E-state index in [4.69, 9.17) is 5.11 Å². The van der Waals surface area contributed by atoms with Gasteiger partial charge in [-0.2, -0.15) is 0 Å². The lowest BCUT2D eigenvalue weighted by Crippen LogP contribution is -2.39. The van der Waals surface area contributed by atoms with E-state index >= 15 is 0 Å². The number of aliphatic carboxylic acids is 1. The molecule has 1 amide bonds. The largest absolute Gasteiger partial charge is 0.480 e. The number of hydrogen-bond donors (Lipinski definition) is 1. The molecule has 0 saturated carbocycles. The minimum Gasteiger partial charge on any atom is -0.480 e. The number of carboxylic acids is 1. The number of carbonyl (C=O) groups excluding carboxylic acids is 1. The highest BCUT2D eigenvalue weighted by molar-refractivity contribution is 5.94. The molecule has 2 rings (SSSR count). The fraction of sp³-hybridized carbons (Fsp3) is 0.286. The zero-order valence-electron chi connectivity index (χ0n) is 10.3. The molecule has 19 heavy (non-hydrogen) atoms. The van der Waals surface area contributed by atoms with E-state index in [9.17, 15) is 14.0 Å². The molecule has 0 spiro atoms. The summed E-state index contributed by atoms with van der Waals surface area (Å²) in [5.41, 5.74) is 0.307. The molecule has 1 aromatic carbocycles. The van der Waals surface area contributed by atoms with E-state index in [2.05, 4.69) is 0 Å². The van der Waals surface area contributed by atoms with Gasteiger partial charge in [0.1, 0.15) is 11.9 Å². The minimum absolute atomic E-state index is 0.307. The van der Waals surface area contributed by atoms with Crippen molar-refractivity contribution in [2.24, 2.45) is 0 Å². The number of rotatable bonds is 3. The van der Waals surface area contributed by atoms with Crippen molar-refractivity contribution in [2.45, 2.75) is 18.9 Å². The van der Waals surface area contributed by atoms with Gasteiger partial charge in [0.2, 0.25) is 5.91 Å². The Morgan fingerprint density at radius 2 is 2.11 bits per heavy atom. The summed E-state index contributed by atoms with van der Waals surface area (Å²) in [5.74, 6) is -1.80. The topological polar surface area (TPSA) is 57.6 Å². The standard InChI is InChI=1S/C14H14FNO3/c15-11-5-2-1-4-10(11)7-8-13(17)16-9-3-6-12(16)14(18)19/h1-2,4-5,7-8,12H,3,6,9H2,(H,18,19)/b8-7+/t12-/m1/s1. The highest BCUT2D eigenvalue weighted by Crippen LogP contribution is 2.18. The van der Waals surface area contributed by atoms with Crippen molar-refractivity contribution in [3.05, 3.63) is 41.7 Å². The lowest BCUT2D eigenvalue weighted by molar-refractivity contribution is -0.146. The van der Waals surface area contributed by atoms with Crippen LogP contribution in [0, 0.1) is 5.82 Å². The molecule has 1 N–H and O–H groups in total. The Hall–Kier alpha value is -2.17. The summed E-state index contributed by atoms with van der Waals surface area (Å²) in [6.07, 6.45) is 3.74. The maximum absolute atomic E-state index is 13.4. The zero-order valence-corrected chi connectivity index (χ0v) is 10.3. The van der Waals surface area contributed by atoms with Gasteiger partial charge in [0.15, 0.2) is 0 Å². The first-order valence-corrected chi connectivity index (χ1v) is 6.05. The fourth-order valence-corrected chi connectivity index (χ4v) is 2.15. The molecule has 1 aliphatic rings. The quantitative estimate of drug-likeness (QED) is 0.847. The minimum atomic E-state index is -0.995. The molecule has 1 heterocycles. The van der Waals surface area contributed by atoms with Crippen LogP contribution in [-0.4, -0.2) is 34.5 Å². The SMILES string of the molecule is O=C(O)[C@H]1CCCN1C(=O)/C=C/c1ccccc1F. The molecule has 0 aliphatic carbocycles. The first-order valence-electron chi connectivity index (χ1n) is 6.05. The third-order valence-electron chi connectivity index (χ3n) is 3.13. The number of halogens is 1. The van der Waals surface area contributed by atoms with Gasteiger partial charge in [-0.15, -0.1) is 0 Å². The van der Waals surface area contributed by atoms with Gasteiger partial charge in [-0.05, 0) is 25.0 Å². The first kappa shape index (κ1) is 13.3. The molecular formula is C14H14FNO3. The summed E-state index contributed by atoms with van der Waals surface area (Å²) in [7, 11) is 0. The maximum Gasteiger partial charge on any atom is 0.326 e. The second kappa shape index (κ2) is 5.65. The van der Waals surface area contributed by atoms with E-state index in [1.165, 1.54) is 23.1 Å². The molecule has 1 atom stereocenters. The smallest absolute Gasteiger partial charge is 0.326 e. The zero-order chi connectivity index (χ0) is 13.8. The number of likely N-dealkylation sites (tertiary alicyclic amines) is 1. The molecule has 4 nitrogen and oxygen atoms in total. The molecular weight excluding hydrogens is 249 g/mol. The first-order chi connectivity index (χ1) is 9.09. The van der Waals surface area contributed by atoms with E-state index in [0.717, 1.165) is 0 Å². The van der Waals surface area contributed by atoms with Crippen LogP contribution in [0.3, 0.4) is 0 Å². The van der Waals surface area contributed by atoms with Crippen LogP contribution in [0.15, 0.2) is 30.3 Å². The molecule has 0 bridgehead atoms. The molecule has 1 aliphatic heterocycles. The summed E-state index contributed by atoms with van der Waals surface area (Å²) < 4.78 is 13.4. The Labute approximate surface area is 110 Å². The van der Waals surface area contributed by atoms with Crippen LogP contribution in [0.5, 0.6) is 0 Å². The van der Waals surface area contributed by atoms with Crippen LogP contribution in [0.4, 0.5) is 4.39 Å². The second-order valence-corrected chi connectivity index (χ2v) is 4.38. The van der Waals surface area contributed by atoms with Crippen LogP contribution >= 0.6 is 0 Å². The van der Waals surface area contributed by atoms with Gasteiger partial charge >= 0.3 is 5.97 Å². The predicted molar refractivity (Wildman–Crippen MR) is 67.8 cm³/mol. The molecule has 5 heteroatoms. The Morgan fingerprint density at radius 1 is 1.37 bits per heavy atom. The molecule has 0 radical (unpaired) electrons. The summed E-state index contributed by atoms with van der Waals surface area (Å²) in [5, 5.41) is 8.98. The second-order valence-electron chi connectivity index (χ2n) is 4.38. The molecule has 1 fully saturated rings. The van der Waals surface area contributed by atoms with E-state index in [1.807, 2.05) is 0 Å². The summed E-state index contributed by atoms with van der Waals surface area (Å²) in [6, 6.07) is 5.33. The Kier molecular flexibility index (Phi) is 3.94. The Morgan fingerprint density at radius 3 is 2.79 bits per heavy atom. The average molecular weight is 263 g/mol. The maximum atomic E-state index is 13.4. The number of carbonyl (C=O) groups is 2. The number of nitrogens with zero attached hydrogens (tertiary/aromatic N) is 1. The molecule has 0 unspecified atom stereocenters. The van der Waals surface area contributed by atoms with Crippen molar-refractivity contribution >= 4 is 18.0 Å². The number of amides is 1. The van der Waals surface area contributed by atoms with E-state index < -0.39 is 23.7 Å². The predicted octanol–water partition coefficient (Wildman–Crippen LogP) is 1.91. The third kappa shape index (κ3) is 2.99. The van der Waals surface area contributed by atoms with Crippen molar-refractivity contribution in [3.8, 4) is 0 Å². The van der Waals surface area contributed by atoms with Gasteiger partial charge in [-0.3, -0.25) is 4.79 Å². The number of hydrogen-bond acceptors (Lipinski definition) is 2. The third-order valence-corrected chi connectivity index (χ3v) is 3.13. The number of benzene rings is 1. The van der Waals surface area contributed by atoms with E-state index in [0.29, 0.717) is 24.9 Å². The molecule has 1 saturated heterocycles. The van der Waals surface area contributed by atoms with Crippen LogP contribution < -0.4 is 0 Å². The highest BCUT2D eigenvalue weighted by Gasteiger charge is 2.32. The average Bonchev–Trinajstić information content (AvgIpc) is 2.87. The molecule has 1 aromatic rings. The van der Waals surface area contributed by atoms with Gasteiger partial charge in [0.05, 0.1) is 0 Å². The van der Waals surface area contributed by atoms with Gasteiger partial charge in [0, 0.05) is 18.2 Å². The van der Waals surface area contributed by atoms with Gasteiger partial charge in [-0.1, -0.05) is 18.2 Å². The van der Waals surface area contributed by atoms with Gasteiger partial charge in [-0.25, -0.2) is 9.18 Å². The van der Waals surface area contributed by atoms with Crippen molar-refractivity contribution in [3.63, 3.8) is 0 Å². The lowest BCUT2D eigenvalue weighted by Gasteiger charge is -2.19. The lowest BCUT2D eigenvalue weighted by atomic mass is 10.2. The van der Waals surface area contributed by atoms with Crippen LogP contribution in [0.1, 0.15) is 18.4 Å². The summed E-state index contributed by atoms with van der Waals surface area (Å²) in [4.78, 5) is 24.2. The normalized spacial score (nSPS) is 19.0. The van der Waals surface area contributed by atoms with Crippen molar-refractivity contribution in [2.75, 3.05) is 6.54 Å². The van der Waals surface area contributed by atoms with Crippen molar-refractivity contribution in [1.82, 2.24) is 4.90 Å². The van der Waals surface area contributed by atoms with Crippen LogP contribution in [0.25, 0.3) is 6.08 Å². The van der Waals surface area contributed by atoms with Gasteiger partial charge in [0.25, 0.3) is 0 Å². The van der Waals surface area contributed by atoms with Crippen molar-refractivity contribution in [1.29, 1.82) is 0 Å². The van der Waals surface area contributed by atoms with E-state index in [-0.39, 0.29) is 0 Å². The summed E-state index contributed by atoms with van der Waals surface area (Å²) in [6.45, 7) is 0.428. The summed E-state index contributed by atoms with van der Waals surface area (Å²) >= 11 is 0. The van der Waals surface area contributed by atoms with Crippen molar-refractivity contribution < 1.29 is 19.1 Å². The van der Waals surface area contributed by atoms with Gasteiger partial charge < -0.3 is 10.0 Å². The van der Waals surface area contributed by atoms with Crippen LogP contribution in [0.2, 0.25) is 0 Å². The Balaban J connectivity index is 2.09.